The van der Waals surface area contributed by atoms with Crippen molar-refractivity contribution in [1.82, 2.24) is 9.62 Å². The number of halogens is 1. The van der Waals surface area contributed by atoms with Crippen molar-refractivity contribution in [1.29, 1.82) is 0 Å². The number of amides is 1. The zero-order valence-corrected chi connectivity index (χ0v) is 16.7. The van der Waals surface area contributed by atoms with Crippen LogP contribution in [0.3, 0.4) is 0 Å². The molecule has 1 saturated heterocycles. The lowest BCUT2D eigenvalue weighted by molar-refractivity contribution is 0.0940. The maximum absolute atomic E-state index is 13.0. The second-order valence-electron chi connectivity index (χ2n) is 7.09. The summed E-state index contributed by atoms with van der Waals surface area (Å²) in [6.07, 6.45) is 3.86. The van der Waals surface area contributed by atoms with E-state index in [1.165, 1.54) is 40.7 Å². The van der Waals surface area contributed by atoms with Gasteiger partial charge in [0.2, 0.25) is 10.0 Å². The van der Waals surface area contributed by atoms with Gasteiger partial charge in [-0.3, -0.25) is 4.79 Å². The van der Waals surface area contributed by atoms with Crippen LogP contribution in [0.25, 0.3) is 0 Å². The van der Waals surface area contributed by atoms with Crippen molar-refractivity contribution in [2.45, 2.75) is 43.5 Å². The molecule has 1 heterocycles. The molecular formula is C21H25FN2O3S. The van der Waals surface area contributed by atoms with E-state index in [0.717, 1.165) is 31.2 Å². The molecule has 0 aliphatic carbocycles. The first-order valence-corrected chi connectivity index (χ1v) is 11.0. The number of carbonyl (C=O) groups is 1. The number of benzene rings is 2. The second kappa shape index (κ2) is 8.84. The standard InChI is InChI=1S/C21H25FN2O3S/c1-16(17-6-10-19(22)11-7-17)23-21(25)18-8-12-20(13-9-18)28(26,27)24-14-4-2-3-5-15-24/h6-13,16H,2-5,14-15H2,1H3,(H,23,25)/t16-/m1/s1. The minimum Gasteiger partial charge on any atom is -0.346 e. The SMILES string of the molecule is C[C@@H](NC(=O)c1ccc(S(=O)(=O)N2CCCCCC2)cc1)c1ccc(F)cc1. The fraction of sp³-hybridized carbons (Fsp3) is 0.381. The van der Waals surface area contributed by atoms with Gasteiger partial charge in [0.15, 0.2) is 0 Å². The molecule has 0 spiro atoms. The molecule has 28 heavy (non-hydrogen) atoms. The van der Waals surface area contributed by atoms with E-state index in [9.17, 15) is 17.6 Å². The molecule has 1 fully saturated rings. The van der Waals surface area contributed by atoms with Crippen LogP contribution in [0.4, 0.5) is 4.39 Å². The molecule has 0 unspecified atom stereocenters. The van der Waals surface area contributed by atoms with E-state index in [4.69, 9.17) is 0 Å². The Labute approximate surface area is 165 Å². The summed E-state index contributed by atoms with van der Waals surface area (Å²) >= 11 is 0. The molecule has 1 N–H and O–H groups in total. The highest BCUT2D eigenvalue weighted by atomic mass is 32.2. The number of rotatable bonds is 5. The van der Waals surface area contributed by atoms with Crippen LogP contribution in [0, 0.1) is 5.82 Å². The predicted octanol–water partition coefficient (Wildman–Crippen LogP) is 3.88. The van der Waals surface area contributed by atoms with Crippen LogP contribution < -0.4 is 5.32 Å². The van der Waals surface area contributed by atoms with Crippen molar-refractivity contribution in [2.24, 2.45) is 0 Å². The van der Waals surface area contributed by atoms with Gasteiger partial charge in [-0.25, -0.2) is 12.8 Å². The van der Waals surface area contributed by atoms with Crippen LogP contribution in [0.15, 0.2) is 53.4 Å². The Kier molecular flexibility index (Phi) is 6.46. The maximum atomic E-state index is 13.0. The van der Waals surface area contributed by atoms with Gasteiger partial charge in [0.1, 0.15) is 5.82 Å². The van der Waals surface area contributed by atoms with Crippen molar-refractivity contribution >= 4 is 15.9 Å². The molecule has 7 heteroatoms. The van der Waals surface area contributed by atoms with E-state index in [0.29, 0.717) is 18.7 Å². The minimum atomic E-state index is -3.53. The summed E-state index contributed by atoms with van der Waals surface area (Å²) in [5.41, 5.74) is 1.17. The van der Waals surface area contributed by atoms with Gasteiger partial charge in [-0.15, -0.1) is 0 Å². The third-order valence-electron chi connectivity index (χ3n) is 5.04. The van der Waals surface area contributed by atoms with Crippen LogP contribution in [-0.4, -0.2) is 31.7 Å². The molecule has 5 nitrogen and oxygen atoms in total. The highest BCUT2D eigenvalue weighted by molar-refractivity contribution is 7.89. The highest BCUT2D eigenvalue weighted by Crippen LogP contribution is 2.21. The van der Waals surface area contributed by atoms with E-state index in [1.807, 2.05) is 6.92 Å². The first kappa shape index (κ1) is 20.5. The summed E-state index contributed by atoms with van der Waals surface area (Å²) in [4.78, 5) is 12.7. The molecule has 0 aromatic heterocycles. The Balaban J connectivity index is 1.69. The first-order chi connectivity index (χ1) is 13.4. The normalized spacial score (nSPS) is 16.9. The summed E-state index contributed by atoms with van der Waals surface area (Å²) in [6, 6.07) is 11.7. The number of sulfonamides is 1. The molecule has 0 saturated carbocycles. The minimum absolute atomic E-state index is 0.206. The monoisotopic (exact) mass is 404 g/mol. The van der Waals surface area contributed by atoms with Gasteiger partial charge < -0.3 is 5.32 Å². The highest BCUT2D eigenvalue weighted by Gasteiger charge is 2.25. The lowest BCUT2D eigenvalue weighted by Crippen LogP contribution is -2.32. The number of carbonyl (C=O) groups excluding carboxylic acids is 1. The van der Waals surface area contributed by atoms with Gasteiger partial charge in [-0.2, -0.15) is 4.31 Å². The topological polar surface area (TPSA) is 66.5 Å². The summed E-state index contributed by atoms with van der Waals surface area (Å²) in [7, 11) is -3.53. The molecule has 2 aromatic rings. The fourth-order valence-electron chi connectivity index (χ4n) is 3.32. The molecule has 1 atom stereocenters. The van der Waals surface area contributed by atoms with Crippen LogP contribution in [0.5, 0.6) is 0 Å². The number of hydrogen-bond acceptors (Lipinski definition) is 3. The molecule has 0 bridgehead atoms. The Morgan fingerprint density at radius 2 is 1.54 bits per heavy atom. The van der Waals surface area contributed by atoms with E-state index in [2.05, 4.69) is 5.32 Å². The van der Waals surface area contributed by atoms with E-state index in [1.54, 1.807) is 12.1 Å². The quantitative estimate of drug-likeness (QED) is 0.822. The molecule has 1 aliphatic heterocycles. The van der Waals surface area contributed by atoms with Crippen molar-refractivity contribution in [2.75, 3.05) is 13.1 Å². The zero-order chi connectivity index (χ0) is 20.1. The van der Waals surface area contributed by atoms with Crippen LogP contribution in [0.1, 0.15) is 54.6 Å². The third-order valence-corrected chi connectivity index (χ3v) is 6.95. The van der Waals surface area contributed by atoms with Crippen LogP contribution >= 0.6 is 0 Å². The van der Waals surface area contributed by atoms with Gasteiger partial charge >= 0.3 is 0 Å². The van der Waals surface area contributed by atoms with Gasteiger partial charge in [-0.1, -0.05) is 25.0 Å². The Morgan fingerprint density at radius 3 is 2.11 bits per heavy atom. The van der Waals surface area contributed by atoms with Crippen LogP contribution in [0.2, 0.25) is 0 Å². The summed E-state index contributed by atoms with van der Waals surface area (Å²) in [5, 5.41) is 2.84. The van der Waals surface area contributed by atoms with E-state index < -0.39 is 10.0 Å². The van der Waals surface area contributed by atoms with Crippen LogP contribution in [-0.2, 0) is 10.0 Å². The number of nitrogens with zero attached hydrogens (tertiary/aromatic N) is 1. The summed E-state index contributed by atoms with van der Waals surface area (Å²) in [5.74, 6) is -0.640. The Hall–Kier alpha value is -2.25. The van der Waals surface area contributed by atoms with Gasteiger partial charge in [0.05, 0.1) is 10.9 Å². The summed E-state index contributed by atoms with van der Waals surface area (Å²) in [6.45, 7) is 2.89. The zero-order valence-electron chi connectivity index (χ0n) is 15.9. The number of nitrogens with one attached hydrogen (secondary N) is 1. The van der Waals surface area contributed by atoms with E-state index in [-0.39, 0.29) is 22.7 Å². The smallest absolute Gasteiger partial charge is 0.251 e. The van der Waals surface area contributed by atoms with Gasteiger partial charge in [0, 0.05) is 18.7 Å². The largest absolute Gasteiger partial charge is 0.346 e. The molecule has 150 valence electrons. The Bertz CT molecular complexity index is 904. The summed E-state index contributed by atoms with van der Waals surface area (Å²) < 4.78 is 40.2. The molecule has 3 rings (SSSR count). The average Bonchev–Trinajstić information content (AvgIpc) is 2.98. The van der Waals surface area contributed by atoms with Crippen molar-refractivity contribution < 1.29 is 17.6 Å². The maximum Gasteiger partial charge on any atom is 0.251 e. The lowest BCUT2D eigenvalue weighted by Gasteiger charge is -2.20. The van der Waals surface area contributed by atoms with Crippen molar-refractivity contribution in [3.05, 3.63) is 65.5 Å². The number of hydrogen-bond donors (Lipinski definition) is 1. The lowest BCUT2D eigenvalue weighted by atomic mass is 10.1. The van der Waals surface area contributed by atoms with Gasteiger partial charge in [0.25, 0.3) is 5.91 Å². The molecule has 1 aliphatic rings. The molecule has 1 amide bonds. The predicted molar refractivity (Wildman–Crippen MR) is 106 cm³/mol. The van der Waals surface area contributed by atoms with Crippen molar-refractivity contribution in [3.63, 3.8) is 0 Å². The fourth-order valence-corrected chi connectivity index (χ4v) is 4.84. The van der Waals surface area contributed by atoms with Gasteiger partial charge in [-0.05, 0) is 61.7 Å². The van der Waals surface area contributed by atoms with Crippen molar-refractivity contribution in [3.8, 4) is 0 Å². The average molecular weight is 405 g/mol. The first-order valence-electron chi connectivity index (χ1n) is 9.54. The molecular weight excluding hydrogens is 379 g/mol. The molecule has 0 radical (unpaired) electrons. The third kappa shape index (κ3) is 4.77. The van der Waals surface area contributed by atoms with E-state index >= 15 is 0 Å². The second-order valence-corrected chi connectivity index (χ2v) is 9.03. The Morgan fingerprint density at radius 1 is 0.964 bits per heavy atom. The molecule has 2 aromatic carbocycles.